The molecule has 106 valence electrons. The van der Waals surface area contributed by atoms with Crippen molar-refractivity contribution in [2.75, 3.05) is 33.8 Å². The van der Waals surface area contributed by atoms with Gasteiger partial charge in [0.15, 0.2) is 0 Å². The number of nitrogens with zero attached hydrogens (tertiary/aromatic N) is 1. The molecule has 3 nitrogen and oxygen atoms in total. The van der Waals surface area contributed by atoms with Crippen molar-refractivity contribution in [2.24, 2.45) is 0 Å². The van der Waals surface area contributed by atoms with E-state index < -0.39 is 0 Å². The second-order valence-electron chi connectivity index (χ2n) is 6.00. The van der Waals surface area contributed by atoms with Crippen LogP contribution in [-0.4, -0.2) is 43.8 Å². The molecule has 19 heavy (non-hydrogen) atoms. The Morgan fingerprint density at radius 1 is 1.37 bits per heavy atom. The van der Waals surface area contributed by atoms with Crippen molar-refractivity contribution >= 4 is 0 Å². The monoisotopic (exact) mass is 262 g/mol. The van der Waals surface area contributed by atoms with Gasteiger partial charge in [0.25, 0.3) is 0 Å². The van der Waals surface area contributed by atoms with Crippen LogP contribution in [0.5, 0.6) is 0 Å². The lowest BCUT2D eigenvalue weighted by Gasteiger charge is -2.41. The molecule has 0 heterocycles. The number of aliphatic hydroxyl groups is 1. The van der Waals surface area contributed by atoms with E-state index in [1.54, 1.807) is 0 Å². The zero-order valence-corrected chi connectivity index (χ0v) is 12.3. The molecule has 0 saturated heterocycles. The minimum Gasteiger partial charge on any atom is -0.394 e. The summed E-state index contributed by atoms with van der Waals surface area (Å²) in [5, 5.41) is 13.6. The molecule has 2 unspecified atom stereocenters. The molecule has 3 heteroatoms. The van der Waals surface area contributed by atoms with Gasteiger partial charge in [-0.3, -0.25) is 0 Å². The Morgan fingerprint density at radius 2 is 2.11 bits per heavy atom. The molecule has 0 saturated carbocycles. The Morgan fingerprint density at radius 3 is 2.79 bits per heavy atom. The Labute approximate surface area is 116 Å². The van der Waals surface area contributed by atoms with Crippen molar-refractivity contribution in [3.8, 4) is 0 Å². The van der Waals surface area contributed by atoms with Crippen LogP contribution in [0.25, 0.3) is 0 Å². The highest BCUT2D eigenvalue weighted by Gasteiger charge is 2.37. The zero-order valence-electron chi connectivity index (χ0n) is 12.3. The number of aliphatic hydroxyl groups excluding tert-OH is 1. The van der Waals surface area contributed by atoms with Crippen molar-refractivity contribution in [3.63, 3.8) is 0 Å². The van der Waals surface area contributed by atoms with E-state index in [-0.39, 0.29) is 12.1 Å². The zero-order chi connectivity index (χ0) is 13.9. The maximum absolute atomic E-state index is 9.96. The molecule has 0 radical (unpaired) electrons. The van der Waals surface area contributed by atoms with Gasteiger partial charge in [0.1, 0.15) is 0 Å². The average Bonchev–Trinajstić information content (AvgIpc) is 2.42. The van der Waals surface area contributed by atoms with E-state index in [1.807, 2.05) is 0 Å². The summed E-state index contributed by atoms with van der Waals surface area (Å²) in [6.45, 7) is 4.33. The summed E-state index contributed by atoms with van der Waals surface area (Å²) in [7, 11) is 4.15. The first kappa shape index (κ1) is 14.5. The smallest absolute Gasteiger partial charge is 0.0672 e. The number of likely N-dealkylation sites (N-methyl/N-ethyl adjacent to an activating group) is 1. The van der Waals surface area contributed by atoms with E-state index in [9.17, 15) is 5.11 Å². The van der Waals surface area contributed by atoms with Crippen LogP contribution in [0.4, 0.5) is 0 Å². The number of benzene rings is 1. The average molecular weight is 262 g/mol. The molecule has 1 aliphatic rings. The Bertz CT molecular complexity index is 419. The van der Waals surface area contributed by atoms with E-state index >= 15 is 0 Å². The van der Waals surface area contributed by atoms with Gasteiger partial charge in [-0.2, -0.15) is 0 Å². The van der Waals surface area contributed by atoms with Crippen molar-refractivity contribution in [2.45, 2.75) is 31.2 Å². The van der Waals surface area contributed by atoms with Gasteiger partial charge in [0.05, 0.1) is 12.1 Å². The van der Waals surface area contributed by atoms with Crippen molar-refractivity contribution in [1.29, 1.82) is 0 Å². The summed E-state index contributed by atoms with van der Waals surface area (Å²) in [5.41, 5.74) is 2.43. The lowest BCUT2D eigenvalue weighted by molar-refractivity contribution is 0.135. The number of nitrogens with one attached hydrogen (secondary N) is 1. The van der Waals surface area contributed by atoms with Gasteiger partial charge in [-0.25, -0.2) is 0 Å². The quantitative estimate of drug-likeness (QED) is 0.851. The van der Waals surface area contributed by atoms with Gasteiger partial charge in [-0.15, -0.1) is 0 Å². The van der Waals surface area contributed by atoms with Crippen LogP contribution in [0, 0.1) is 0 Å². The standard InChI is InChI=1S/C16H26N2O/c1-13-8-9-16(12-19,17-10-11-18(2)3)15-7-5-4-6-14(13)15/h4-7,13,17,19H,8-12H2,1-3H3. The molecule has 2 rings (SSSR count). The fraction of sp³-hybridized carbons (Fsp3) is 0.625. The number of rotatable bonds is 5. The third-order valence-corrected chi connectivity index (χ3v) is 4.30. The highest BCUT2D eigenvalue weighted by Crippen LogP contribution is 2.40. The second-order valence-corrected chi connectivity index (χ2v) is 6.00. The topological polar surface area (TPSA) is 35.5 Å². The van der Waals surface area contributed by atoms with Crippen molar-refractivity contribution < 1.29 is 5.11 Å². The SMILES string of the molecule is CC1CCC(CO)(NCCN(C)C)c2ccccc21. The Balaban J connectivity index is 2.23. The predicted molar refractivity (Wildman–Crippen MR) is 79.4 cm³/mol. The number of hydrogen-bond donors (Lipinski definition) is 2. The van der Waals surface area contributed by atoms with Crippen molar-refractivity contribution in [1.82, 2.24) is 10.2 Å². The Kier molecular flexibility index (Phi) is 4.61. The lowest BCUT2D eigenvalue weighted by Crippen LogP contribution is -2.50. The molecule has 0 fully saturated rings. The Hall–Kier alpha value is -0.900. The van der Waals surface area contributed by atoms with E-state index in [0.717, 1.165) is 25.9 Å². The maximum Gasteiger partial charge on any atom is 0.0672 e. The predicted octanol–water partition coefficient (Wildman–Crippen LogP) is 1.92. The van der Waals surface area contributed by atoms with E-state index in [4.69, 9.17) is 0 Å². The molecule has 1 aromatic rings. The molecule has 0 spiro atoms. The van der Waals surface area contributed by atoms with Crippen LogP contribution in [-0.2, 0) is 5.54 Å². The lowest BCUT2D eigenvalue weighted by atomic mass is 9.72. The summed E-state index contributed by atoms with van der Waals surface area (Å²) >= 11 is 0. The largest absolute Gasteiger partial charge is 0.394 e. The van der Waals surface area contributed by atoms with Crippen LogP contribution < -0.4 is 5.32 Å². The maximum atomic E-state index is 9.96. The van der Waals surface area contributed by atoms with Gasteiger partial charge >= 0.3 is 0 Å². The molecular weight excluding hydrogens is 236 g/mol. The van der Waals surface area contributed by atoms with Gasteiger partial charge in [0, 0.05) is 13.1 Å². The van der Waals surface area contributed by atoms with Gasteiger partial charge in [0.2, 0.25) is 0 Å². The van der Waals surface area contributed by atoms with Crippen LogP contribution >= 0.6 is 0 Å². The number of hydrogen-bond acceptors (Lipinski definition) is 3. The number of fused-ring (bicyclic) bond motifs is 1. The van der Waals surface area contributed by atoms with E-state index in [1.165, 1.54) is 11.1 Å². The molecule has 0 aromatic heterocycles. The van der Waals surface area contributed by atoms with E-state index in [0.29, 0.717) is 5.92 Å². The minimum atomic E-state index is -0.251. The minimum absolute atomic E-state index is 0.171. The first-order valence-corrected chi connectivity index (χ1v) is 7.19. The first-order valence-electron chi connectivity index (χ1n) is 7.19. The molecule has 0 amide bonds. The van der Waals surface area contributed by atoms with Crippen molar-refractivity contribution in [3.05, 3.63) is 35.4 Å². The summed E-state index contributed by atoms with van der Waals surface area (Å²) in [6.07, 6.45) is 2.14. The van der Waals surface area contributed by atoms with Crippen LogP contribution in [0.1, 0.15) is 36.8 Å². The first-order chi connectivity index (χ1) is 9.09. The highest BCUT2D eigenvalue weighted by atomic mass is 16.3. The summed E-state index contributed by atoms with van der Waals surface area (Å²) < 4.78 is 0. The highest BCUT2D eigenvalue weighted by molar-refractivity contribution is 5.38. The molecule has 2 N–H and O–H groups in total. The summed E-state index contributed by atoms with van der Waals surface area (Å²) in [6, 6.07) is 8.55. The third-order valence-electron chi connectivity index (χ3n) is 4.30. The second kappa shape index (κ2) is 6.04. The normalized spacial score (nSPS) is 26.5. The summed E-state index contributed by atoms with van der Waals surface area (Å²) in [4.78, 5) is 2.16. The van der Waals surface area contributed by atoms with Crippen LogP contribution in [0.2, 0.25) is 0 Å². The van der Waals surface area contributed by atoms with Gasteiger partial charge in [-0.1, -0.05) is 31.2 Å². The molecular formula is C16H26N2O. The van der Waals surface area contributed by atoms with Gasteiger partial charge < -0.3 is 15.3 Å². The fourth-order valence-electron chi connectivity index (χ4n) is 3.04. The van der Waals surface area contributed by atoms with E-state index in [2.05, 4.69) is 55.5 Å². The molecule has 2 atom stereocenters. The molecule has 1 aliphatic carbocycles. The summed E-state index contributed by atoms with van der Waals surface area (Å²) in [5.74, 6) is 0.589. The third kappa shape index (κ3) is 2.99. The molecule has 0 bridgehead atoms. The fourth-order valence-corrected chi connectivity index (χ4v) is 3.04. The van der Waals surface area contributed by atoms with Gasteiger partial charge in [-0.05, 0) is 44.0 Å². The van der Waals surface area contributed by atoms with Crippen LogP contribution in [0.15, 0.2) is 24.3 Å². The molecule has 1 aromatic carbocycles. The molecule has 0 aliphatic heterocycles. The van der Waals surface area contributed by atoms with Crippen LogP contribution in [0.3, 0.4) is 0 Å².